The number of hydrogen-bond acceptors (Lipinski definition) is 4. The van der Waals surface area contributed by atoms with Crippen molar-refractivity contribution in [2.45, 2.75) is 19.4 Å². The third-order valence-corrected chi connectivity index (χ3v) is 2.40. The van der Waals surface area contributed by atoms with Gasteiger partial charge in [-0.05, 0) is 31.5 Å². The molecule has 1 rings (SSSR count). The zero-order valence-electron chi connectivity index (χ0n) is 9.64. The number of hydrogen-bond donors (Lipinski definition) is 2. The minimum Gasteiger partial charge on any atom is -0.387 e. The maximum Gasteiger partial charge on any atom is 0.269 e. The summed E-state index contributed by atoms with van der Waals surface area (Å²) in [6, 6.07) is 5.91. The van der Waals surface area contributed by atoms with E-state index in [2.05, 4.69) is 5.32 Å². The number of aliphatic hydroxyl groups excluding tert-OH is 1. The number of amides is 1. The predicted molar refractivity (Wildman–Crippen MR) is 61.4 cm³/mol. The van der Waals surface area contributed by atoms with Gasteiger partial charge in [0.15, 0.2) is 0 Å². The fourth-order valence-corrected chi connectivity index (χ4v) is 1.46. The number of nitro benzene ring substituents is 1. The molecule has 0 radical (unpaired) electrons. The Morgan fingerprint density at radius 1 is 1.41 bits per heavy atom. The van der Waals surface area contributed by atoms with E-state index in [9.17, 15) is 14.9 Å². The molecule has 0 aliphatic rings. The number of nitrogens with zero attached hydrogens (tertiary/aromatic N) is 1. The lowest BCUT2D eigenvalue weighted by Gasteiger charge is -2.26. The molecule has 0 atom stereocenters. The fourth-order valence-electron chi connectivity index (χ4n) is 1.46. The van der Waals surface area contributed by atoms with E-state index in [-0.39, 0.29) is 5.69 Å². The van der Waals surface area contributed by atoms with E-state index < -0.39 is 23.0 Å². The molecule has 0 fully saturated rings. The lowest BCUT2D eigenvalue weighted by molar-refractivity contribution is -0.384. The highest BCUT2D eigenvalue weighted by molar-refractivity contribution is 5.77. The van der Waals surface area contributed by atoms with Gasteiger partial charge in [0, 0.05) is 12.1 Å². The molecule has 0 unspecified atom stereocenters. The molecule has 0 saturated carbocycles. The highest BCUT2D eigenvalue weighted by atomic mass is 16.6. The average molecular weight is 238 g/mol. The van der Waals surface area contributed by atoms with Crippen LogP contribution in [0.4, 0.5) is 5.69 Å². The van der Waals surface area contributed by atoms with Crippen molar-refractivity contribution in [1.82, 2.24) is 5.32 Å². The number of aliphatic hydroxyl groups is 1. The Labute approximate surface area is 98.4 Å². The molecule has 0 spiro atoms. The monoisotopic (exact) mass is 238 g/mol. The molecule has 17 heavy (non-hydrogen) atoms. The van der Waals surface area contributed by atoms with Crippen LogP contribution in [0.1, 0.15) is 19.4 Å². The standard InChI is InChI=1S/C11H14N2O4/c1-11(2,12-10(15)7-14)8-3-5-9(6-4-8)13(16)17/h3-6,14H,7H2,1-2H3,(H,12,15). The topological polar surface area (TPSA) is 92.5 Å². The molecular formula is C11H14N2O4. The second kappa shape index (κ2) is 4.92. The van der Waals surface area contributed by atoms with Crippen LogP contribution in [0.2, 0.25) is 0 Å². The minimum absolute atomic E-state index is 0.00182. The fraction of sp³-hybridized carbons (Fsp3) is 0.364. The number of nitrogens with one attached hydrogen (secondary N) is 1. The Bertz CT molecular complexity index is 426. The first kappa shape index (κ1) is 13.1. The Balaban J connectivity index is 2.91. The zero-order chi connectivity index (χ0) is 13.1. The van der Waals surface area contributed by atoms with Gasteiger partial charge in [0.2, 0.25) is 5.91 Å². The maximum absolute atomic E-state index is 11.1. The summed E-state index contributed by atoms with van der Waals surface area (Å²) in [5.41, 5.74) is 0.0394. The van der Waals surface area contributed by atoms with E-state index in [1.165, 1.54) is 12.1 Å². The first-order valence-electron chi connectivity index (χ1n) is 5.03. The van der Waals surface area contributed by atoms with E-state index in [1.807, 2.05) is 0 Å². The number of nitro groups is 1. The lowest BCUT2D eigenvalue weighted by atomic mass is 9.94. The summed E-state index contributed by atoms with van der Waals surface area (Å²) >= 11 is 0. The Hall–Kier alpha value is -1.95. The summed E-state index contributed by atoms with van der Waals surface area (Å²) in [4.78, 5) is 21.1. The van der Waals surface area contributed by atoms with Crippen LogP contribution in [0, 0.1) is 10.1 Å². The smallest absolute Gasteiger partial charge is 0.269 e. The van der Waals surface area contributed by atoms with Gasteiger partial charge in [0.05, 0.1) is 10.5 Å². The first-order chi connectivity index (χ1) is 7.86. The second-order valence-corrected chi connectivity index (χ2v) is 4.14. The van der Waals surface area contributed by atoms with Crippen molar-refractivity contribution in [3.05, 3.63) is 39.9 Å². The van der Waals surface area contributed by atoms with E-state index in [4.69, 9.17) is 5.11 Å². The molecule has 0 aliphatic carbocycles. The van der Waals surface area contributed by atoms with Crippen LogP contribution in [0.25, 0.3) is 0 Å². The summed E-state index contributed by atoms with van der Waals surface area (Å²) < 4.78 is 0. The molecule has 0 aliphatic heterocycles. The van der Waals surface area contributed by atoms with Crippen LogP contribution < -0.4 is 5.32 Å². The van der Waals surface area contributed by atoms with Crippen molar-refractivity contribution in [2.24, 2.45) is 0 Å². The molecule has 1 aromatic rings. The van der Waals surface area contributed by atoms with Crippen molar-refractivity contribution in [3.63, 3.8) is 0 Å². The molecule has 0 bridgehead atoms. The molecule has 1 aromatic carbocycles. The normalized spacial score (nSPS) is 11.0. The Morgan fingerprint density at radius 3 is 2.35 bits per heavy atom. The largest absolute Gasteiger partial charge is 0.387 e. The van der Waals surface area contributed by atoms with Crippen LogP contribution in [-0.4, -0.2) is 22.5 Å². The third-order valence-electron chi connectivity index (χ3n) is 2.40. The molecular weight excluding hydrogens is 224 g/mol. The van der Waals surface area contributed by atoms with Crippen molar-refractivity contribution >= 4 is 11.6 Å². The molecule has 1 amide bonds. The SMILES string of the molecule is CC(C)(NC(=O)CO)c1ccc([N+](=O)[O-])cc1. The number of carbonyl (C=O) groups is 1. The van der Waals surface area contributed by atoms with Crippen LogP contribution in [0.3, 0.4) is 0 Å². The summed E-state index contributed by atoms with van der Waals surface area (Å²) in [5, 5.41) is 21.8. The van der Waals surface area contributed by atoms with Gasteiger partial charge < -0.3 is 10.4 Å². The second-order valence-electron chi connectivity index (χ2n) is 4.14. The van der Waals surface area contributed by atoms with E-state index in [0.717, 1.165) is 5.56 Å². The van der Waals surface area contributed by atoms with Crippen LogP contribution >= 0.6 is 0 Å². The van der Waals surface area contributed by atoms with E-state index in [0.29, 0.717) is 0 Å². The van der Waals surface area contributed by atoms with E-state index in [1.54, 1.807) is 26.0 Å². The third kappa shape index (κ3) is 3.25. The number of rotatable bonds is 4. The molecule has 0 heterocycles. The van der Waals surface area contributed by atoms with Gasteiger partial charge in [-0.1, -0.05) is 0 Å². The van der Waals surface area contributed by atoms with Crippen LogP contribution in [0.15, 0.2) is 24.3 Å². The summed E-state index contributed by atoms with van der Waals surface area (Å²) in [7, 11) is 0. The molecule has 6 heteroatoms. The van der Waals surface area contributed by atoms with Crippen molar-refractivity contribution in [2.75, 3.05) is 6.61 Å². The van der Waals surface area contributed by atoms with Gasteiger partial charge in [-0.25, -0.2) is 0 Å². The average Bonchev–Trinajstić information content (AvgIpc) is 2.28. The van der Waals surface area contributed by atoms with Crippen molar-refractivity contribution in [3.8, 4) is 0 Å². The summed E-state index contributed by atoms with van der Waals surface area (Å²) in [6.07, 6.45) is 0. The number of benzene rings is 1. The van der Waals surface area contributed by atoms with Gasteiger partial charge >= 0.3 is 0 Å². The Morgan fingerprint density at radius 2 is 1.94 bits per heavy atom. The summed E-state index contributed by atoms with van der Waals surface area (Å²) in [6.45, 7) is 2.92. The molecule has 6 nitrogen and oxygen atoms in total. The quantitative estimate of drug-likeness (QED) is 0.603. The van der Waals surface area contributed by atoms with E-state index >= 15 is 0 Å². The molecule has 92 valence electrons. The van der Waals surface area contributed by atoms with Crippen molar-refractivity contribution < 1.29 is 14.8 Å². The van der Waals surface area contributed by atoms with Crippen LogP contribution in [-0.2, 0) is 10.3 Å². The van der Waals surface area contributed by atoms with Gasteiger partial charge in [0.25, 0.3) is 5.69 Å². The van der Waals surface area contributed by atoms with Gasteiger partial charge in [-0.15, -0.1) is 0 Å². The highest BCUT2D eigenvalue weighted by Crippen LogP contribution is 2.22. The summed E-state index contributed by atoms with van der Waals surface area (Å²) in [5.74, 6) is -0.492. The van der Waals surface area contributed by atoms with Crippen LogP contribution in [0.5, 0.6) is 0 Å². The van der Waals surface area contributed by atoms with Crippen molar-refractivity contribution in [1.29, 1.82) is 0 Å². The molecule has 2 N–H and O–H groups in total. The number of carbonyl (C=O) groups excluding carboxylic acids is 1. The highest BCUT2D eigenvalue weighted by Gasteiger charge is 2.22. The zero-order valence-corrected chi connectivity index (χ0v) is 9.64. The Kier molecular flexibility index (Phi) is 3.80. The predicted octanol–water partition coefficient (Wildman–Crippen LogP) is 0.938. The first-order valence-corrected chi connectivity index (χ1v) is 5.03. The number of non-ortho nitro benzene ring substituents is 1. The lowest BCUT2D eigenvalue weighted by Crippen LogP contribution is -2.42. The molecule has 0 aromatic heterocycles. The van der Waals surface area contributed by atoms with Gasteiger partial charge in [-0.2, -0.15) is 0 Å². The van der Waals surface area contributed by atoms with Gasteiger partial charge in [0.1, 0.15) is 6.61 Å². The molecule has 0 saturated heterocycles. The maximum atomic E-state index is 11.1. The van der Waals surface area contributed by atoms with Gasteiger partial charge in [-0.3, -0.25) is 14.9 Å². The minimum atomic E-state index is -0.686.